The molecule has 1 aromatic rings. The van der Waals surface area contributed by atoms with Crippen LogP contribution < -0.4 is 5.32 Å². The van der Waals surface area contributed by atoms with Gasteiger partial charge in [0.05, 0.1) is 17.9 Å². The second-order valence-electron chi connectivity index (χ2n) is 6.43. The first-order chi connectivity index (χ1) is 10.4. The average Bonchev–Trinajstić information content (AvgIpc) is 2.46. The Morgan fingerprint density at radius 1 is 1.18 bits per heavy atom. The first-order valence-electron chi connectivity index (χ1n) is 8.00. The number of hydrogen-bond donors (Lipinski definition) is 2. The van der Waals surface area contributed by atoms with Gasteiger partial charge in [0, 0.05) is 0 Å². The van der Waals surface area contributed by atoms with Crippen LogP contribution in [0.25, 0.3) is 0 Å². The maximum Gasteiger partial charge on any atom is 0.307 e. The lowest BCUT2D eigenvalue weighted by Gasteiger charge is -2.29. The Kier molecular flexibility index (Phi) is 5.22. The van der Waals surface area contributed by atoms with Crippen molar-refractivity contribution in [2.75, 3.05) is 0 Å². The van der Waals surface area contributed by atoms with Crippen molar-refractivity contribution in [3.05, 3.63) is 34.9 Å². The van der Waals surface area contributed by atoms with E-state index >= 15 is 0 Å². The van der Waals surface area contributed by atoms with E-state index in [4.69, 9.17) is 0 Å². The number of benzene rings is 1. The van der Waals surface area contributed by atoms with Crippen LogP contribution in [0.3, 0.4) is 0 Å². The molecule has 1 aliphatic rings. The highest BCUT2D eigenvalue weighted by molar-refractivity contribution is 5.85. The molecule has 0 bridgehead atoms. The van der Waals surface area contributed by atoms with Crippen molar-refractivity contribution in [3.63, 3.8) is 0 Å². The Morgan fingerprint density at radius 2 is 1.82 bits per heavy atom. The third kappa shape index (κ3) is 3.67. The zero-order valence-corrected chi connectivity index (χ0v) is 13.6. The molecular weight excluding hydrogens is 278 g/mol. The lowest BCUT2D eigenvalue weighted by molar-refractivity contribution is -0.149. The minimum Gasteiger partial charge on any atom is -0.481 e. The molecule has 0 saturated heterocycles. The van der Waals surface area contributed by atoms with E-state index in [0.29, 0.717) is 12.8 Å². The molecule has 22 heavy (non-hydrogen) atoms. The molecule has 1 fully saturated rings. The number of carbonyl (C=O) groups is 2. The molecule has 0 radical (unpaired) electrons. The molecule has 0 aromatic heterocycles. The van der Waals surface area contributed by atoms with Crippen molar-refractivity contribution in [1.29, 1.82) is 0 Å². The number of carboxylic acid groups (broad SMARTS) is 1. The highest BCUT2D eigenvalue weighted by atomic mass is 16.4. The van der Waals surface area contributed by atoms with E-state index in [-0.39, 0.29) is 11.9 Å². The number of carboxylic acids is 1. The Labute approximate surface area is 131 Å². The van der Waals surface area contributed by atoms with Crippen molar-refractivity contribution in [2.24, 2.45) is 11.8 Å². The molecule has 1 saturated carbocycles. The fourth-order valence-corrected chi connectivity index (χ4v) is 3.45. The third-order valence-corrected chi connectivity index (χ3v) is 4.67. The van der Waals surface area contributed by atoms with Gasteiger partial charge in [-0.25, -0.2) is 0 Å². The van der Waals surface area contributed by atoms with Crippen molar-refractivity contribution in [2.45, 2.75) is 52.5 Å². The van der Waals surface area contributed by atoms with Crippen LogP contribution in [-0.4, -0.2) is 17.0 Å². The van der Waals surface area contributed by atoms with Crippen molar-refractivity contribution < 1.29 is 14.7 Å². The predicted octanol–water partition coefficient (Wildman–Crippen LogP) is 3.37. The summed E-state index contributed by atoms with van der Waals surface area (Å²) in [5.74, 6) is -1.92. The quantitative estimate of drug-likeness (QED) is 0.896. The number of hydrogen-bond acceptors (Lipinski definition) is 2. The summed E-state index contributed by atoms with van der Waals surface area (Å²) in [6, 6.07) is 6.06. The highest BCUT2D eigenvalue weighted by Gasteiger charge is 2.36. The molecule has 120 valence electrons. The molecule has 1 aliphatic carbocycles. The van der Waals surface area contributed by atoms with Gasteiger partial charge in [-0.05, 0) is 44.7 Å². The molecule has 0 aliphatic heterocycles. The summed E-state index contributed by atoms with van der Waals surface area (Å²) in [6.07, 6.45) is 3.10. The smallest absolute Gasteiger partial charge is 0.307 e. The molecule has 0 spiro atoms. The minimum atomic E-state index is -0.848. The number of aryl methyl sites for hydroxylation is 2. The van der Waals surface area contributed by atoms with E-state index in [2.05, 4.69) is 11.4 Å². The summed E-state index contributed by atoms with van der Waals surface area (Å²) >= 11 is 0. The monoisotopic (exact) mass is 303 g/mol. The van der Waals surface area contributed by atoms with Crippen molar-refractivity contribution >= 4 is 11.9 Å². The van der Waals surface area contributed by atoms with E-state index in [1.807, 2.05) is 32.9 Å². The first-order valence-corrected chi connectivity index (χ1v) is 8.00. The number of carbonyl (C=O) groups excluding carboxylic acids is 1. The standard InChI is InChI=1S/C18H25NO3/c1-11-8-9-14(12(2)10-11)13(3)19-17(20)15-6-4-5-7-16(15)18(21)22/h8-10,13,15-16H,4-7H2,1-3H3,(H,19,20)(H,21,22)/t13-,15-,16-/m0/s1. The normalized spacial score (nSPS) is 22.9. The zero-order chi connectivity index (χ0) is 16.3. The van der Waals surface area contributed by atoms with Gasteiger partial charge in [-0.2, -0.15) is 0 Å². The van der Waals surface area contributed by atoms with Gasteiger partial charge in [-0.15, -0.1) is 0 Å². The van der Waals surface area contributed by atoms with E-state index in [0.717, 1.165) is 24.0 Å². The molecule has 1 amide bonds. The largest absolute Gasteiger partial charge is 0.481 e. The average molecular weight is 303 g/mol. The Hall–Kier alpha value is -1.84. The van der Waals surface area contributed by atoms with Crippen LogP contribution in [0.1, 0.15) is 55.3 Å². The Morgan fingerprint density at radius 3 is 2.41 bits per heavy atom. The zero-order valence-electron chi connectivity index (χ0n) is 13.6. The molecule has 0 heterocycles. The first kappa shape index (κ1) is 16.5. The van der Waals surface area contributed by atoms with Gasteiger partial charge in [-0.3, -0.25) is 9.59 Å². The topological polar surface area (TPSA) is 66.4 Å². The summed E-state index contributed by atoms with van der Waals surface area (Å²) in [7, 11) is 0. The Bertz CT molecular complexity index is 567. The van der Waals surface area contributed by atoms with Gasteiger partial charge in [0.15, 0.2) is 0 Å². The van der Waals surface area contributed by atoms with Crippen LogP contribution in [0.2, 0.25) is 0 Å². The van der Waals surface area contributed by atoms with Gasteiger partial charge >= 0.3 is 5.97 Å². The highest BCUT2D eigenvalue weighted by Crippen LogP contribution is 2.31. The molecule has 0 unspecified atom stereocenters. The summed E-state index contributed by atoms with van der Waals surface area (Å²) in [5.41, 5.74) is 3.42. The number of amides is 1. The third-order valence-electron chi connectivity index (χ3n) is 4.67. The van der Waals surface area contributed by atoms with E-state index in [1.54, 1.807) is 0 Å². The SMILES string of the molecule is Cc1ccc([C@H](C)NC(=O)[C@H]2CCCC[C@@H]2C(=O)O)c(C)c1. The molecule has 4 heteroatoms. The van der Waals surface area contributed by atoms with Crippen LogP contribution in [0, 0.1) is 25.7 Å². The van der Waals surface area contributed by atoms with Crippen LogP contribution in [0.15, 0.2) is 18.2 Å². The van der Waals surface area contributed by atoms with Gasteiger partial charge in [0.2, 0.25) is 5.91 Å². The van der Waals surface area contributed by atoms with Crippen LogP contribution >= 0.6 is 0 Å². The molecule has 1 aromatic carbocycles. The molecule has 4 nitrogen and oxygen atoms in total. The summed E-state index contributed by atoms with van der Waals surface area (Å²) in [6.45, 7) is 6.03. The molecule has 2 rings (SSSR count). The molecule has 2 N–H and O–H groups in total. The van der Waals surface area contributed by atoms with Crippen LogP contribution in [-0.2, 0) is 9.59 Å². The second-order valence-corrected chi connectivity index (χ2v) is 6.43. The van der Waals surface area contributed by atoms with Gasteiger partial charge in [0.1, 0.15) is 0 Å². The number of nitrogens with one attached hydrogen (secondary N) is 1. The minimum absolute atomic E-state index is 0.107. The van der Waals surface area contributed by atoms with Crippen molar-refractivity contribution in [1.82, 2.24) is 5.32 Å². The number of rotatable bonds is 4. The summed E-state index contributed by atoms with van der Waals surface area (Å²) < 4.78 is 0. The van der Waals surface area contributed by atoms with Gasteiger partial charge in [-0.1, -0.05) is 36.6 Å². The van der Waals surface area contributed by atoms with E-state index in [1.165, 1.54) is 5.56 Å². The van der Waals surface area contributed by atoms with Crippen molar-refractivity contribution in [3.8, 4) is 0 Å². The van der Waals surface area contributed by atoms with Crippen LogP contribution in [0.4, 0.5) is 0 Å². The van der Waals surface area contributed by atoms with Crippen LogP contribution in [0.5, 0.6) is 0 Å². The second kappa shape index (κ2) is 6.95. The van der Waals surface area contributed by atoms with Gasteiger partial charge in [0.25, 0.3) is 0 Å². The van der Waals surface area contributed by atoms with Gasteiger partial charge < -0.3 is 10.4 Å². The number of aliphatic carboxylic acids is 1. The fraction of sp³-hybridized carbons (Fsp3) is 0.556. The lowest BCUT2D eigenvalue weighted by Crippen LogP contribution is -2.40. The van der Waals surface area contributed by atoms with E-state index in [9.17, 15) is 14.7 Å². The Balaban J connectivity index is 2.08. The van der Waals surface area contributed by atoms with E-state index < -0.39 is 17.8 Å². The molecular formula is C18H25NO3. The summed E-state index contributed by atoms with van der Waals surface area (Å²) in [5, 5.41) is 12.3. The predicted molar refractivity (Wildman–Crippen MR) is 85.6 cm³/mol. The molecule has 3 atom stereocenters. The maximum atomic E-state index is 12.5. The lowest BCUT2D eigenvalue weighted by atomic mass is 9.78. The summed E-state index contributed by atoms with van der Waals surface area (Å²) in [4.78, 5) is 23.8. The maximum absolute atomic E-state index is 12.5. The fourth-order valence-electron chi connectivity index (χ4n) is 3.45.